The summed E-state index contributed by atoms with van der Waals surface area (Å²) in [5.41, 5.74) is 8.25. The maximum atomic E-state index is 9.04. The molecule has 0 saturated heterocycles. The van der Waals surface area contributed by atoms with Crippen LogP contribution in [0.15, 0.2) is 33.8 Å². The predicted molar refractivity (Wildman–Crippen MR) is 79.5 cm³/mol. The highest BCUT2D eigenvalue weighted by atomic mass is 32.2. The summed E-state index contributed by atoms with van der Waals surface area (Å²) in [7, 11) is 0. The predicted octanol–water partition coefficient (Wildman–Crippen LogP) is 1.64. The van der Waals surface area contributed by atoms with Crippen molar-refractivity contribution in [2.45, 2.75) is 36.7 Å². The van der Waals surface area contributed by atoms with Crippen molar-refractivity contribution in [2.24, 2.45) is 10.9 Å². The summed E-state index contributed by atoms with van der Waals surface area (Å²) in [6.07, 6.45) is 4.56. The Bertz CT molecular complexity index is 647. The zero-order chi connectivity index (χ0) is 15.2. The minimum absolute atomic E-state index is 0.0352. The number of nitrogens with zero attached hydrogens (tertiary/aromatic N) is 5. The summed E-state index contributed by atoms with van der Waals surface area (Å²) < 4.78 is 0. The van der Waals surface area contributed by atoms with Crippen molar-refractivity contribution in [3.63, 3.8) is 0 Å². The molecule has 0 aliphatic heterocycles. The molecule has 2 aromatic heterocycles. The molecule has 3 N–H and O–H groups in total. The summed E-state index contributed by atoms with van der Waals surface area (Å²) in [6, 6.07) is 1.77. The monoisotopic (exact) mass is 304 g/mol. The van der Waals surface area contributed by atoms with Crippen molar-refractivity contribution in [1.29, 1.82) is 0 Å². The number of aromatic nitrogens is 4. The summed E-state index contributed by atoms with van der Waals surface area (Å²) >= 11 is 1.31. The maximum Gasteiger partial charge on any atom is 0.173 e. The Balaban J connectivity index is 2.55. The minimum Gasteiger partial charge on any atom is -0.409 e. The minimum atomic E-state index is 0.0352. The molecule has 2 aromatic rings. The lowest BCUT2D eigenvalue weighted by Gasteiger charge is -2.13. The van der Waals surface area contributed by atoms with Gasteiger partial charge in [0.15, 0.2) is 5.84 Å². The van der Waals surface area contributed by atoms with E-state index in [1.807, 2.05) is 13.8 Å². The van der Waals surface area contributed by atoms with Gasteiger partial charge in [0.2, 0.25) is 0 Å². The van der Waals surface area contributed by atoms with E-state index in [1.165, 1.54) is 18.1 Å². The van der Waals surface area contributed by atoms with Gasteiger partial charge in [0.05, 0.1) is 11.3 Å². The zero-order valence-electron chi connectivity index (χ0n) is 11.8. The lowest BCUT2D eigenvalue weighted by molar-refractivity contribution is 0.318. The average Bonchev–Trinajstić information content (AvgIpc) is 2.54. The highest BCUT2D eigenvalue weighted by molar-refractivity contribution is 7.99. The van der Waals surface area contributed by atoms with E-state index >= 15 is 0 Å². The molecule has 21 heavy (non-hydrogen) atoms. The number of amidine groups is 1. The molecule has 0 atom stereocenters. The van der Waals surface area contributed by atoms with Crippen molar-refractivity contribution >= 4 is 17.6 Å². The van der Waals surface area contributed by atoms with Crippen LogP contribution in [0.2, 0.25) is 0 Å². The van der Waals surface area contributed by atoms with Crippen LogP contribution in [0, 0.1) is 0 Å². The van der Waals surface area contributed by atoms with Crippen LogP contribution in [0.1, 0.15) is 30.7 Å². The molecular formula is C13H16N6OS. The van der Waals surface area contributed by atoms with Crippen LogP contribution in [0.25, 0.3) is 0 Å². The van der Waals surface area contributed by atoms with Crippen molar-refractivity contribution in [3.8, 4) is 0 Å². The Morgan fingerprint density at radius 1 is 1.33 bits per heavy atom. The quantitative estimate of drug-likeness (QED) is 0.284. The molecule has 8 heteroatoms. The molecule has 0 spiro atoms. The van der Waals surface area contributed by atoms with Gasteiger partial charge in [-0.1, -0.05) is 19.0 Å². The molecule has 110 valence electrons. The van der Waals surface area contributed by atoms with E-state index in [0.29, 0.717) is 10.6 Å². The van der Waals surface area contributed by atoms with Gasteiger partial charge in [0.1, 0.15) is 16.4 Å². The number of nitrogens with two attached hydrogens (primary N) is 1. The molecule has 0 radical (unpaired) electrons. The van der Waals surface area contributed by atoms with E-state index in [9.17, 15) is 0 Å². The van der Waals surface area contributed by atoms with Gasteiger partial charge in [-0.2, -0.15) is 5.10 Å². The highest BCUT2D eigenvalue weighted by Gasteiger charge is 2.19. The molecular weight excluding hydrogens is 288 g/mol. The van der Waals surface area contributed by atoms with Gasteiger partial charge in [-0.05, 0) is 36.2 Å². The summed E-state index contributed by atoms with van der Waals surface area (Å²) in [5.74, 6) is 0.0352. The van der Waals surface area contributed by atoms with Crippen molar-refractivity contribution in [3.05, 3.63) is 35.4 Å². The lowest BCUT2D eigenvalue weighted by atomic mass is 10.0. The van der Waals surface area contributed by atoms with E-state index in [-0.39, 0.29) is 5.84 Å². The summed E-state index contributed by atoms with van der Waals surface area (Å²) in [6.45, 7) is 4.00. The van der Waals surface area contributed by atoms with Crippen LogP contribution in [0.5, 0.6) is 0 Å². The molecule has 0 aromatic carbocycles. The highest BCUT2D eigenvalue weighted by Crippen LogP contribution is 2.29. The second kappa shape index (κ2) is 6.98. The van der Waals surface area contributed by atoms with Gasteiger partial charge >= 0.3 is 0 Å². The molecule has 0 bridgehead atoms. The Morgan fingerprint density at radius 3 is 2.71 bits per heavy atom. The van der Waals surface area contributed by atoms with Gasteiger partial charge in [0.25, 0.3) is 0 Å². The van der Waals surface area contributed by atoms with Gasteiger partial charge in [0, 0.05) is 6.20 Å². The lowest BCUT2D eigenvalue weighted by Crippen LogP contribution is -2.20. The maximum absolute atomic E-state index is 9.04. The largest absolute Gasteiger partial charge is 0.409 e. The fourth-order valence-corrected chi connectivity index (χ4v) is 2.82. The first-order chi connectivity index (χ1) is 10.2. The fourth-order valence-electron chi connectivity index (χ4n) is 1.98. The molecule has 0 aliphatic rings. The molecule has 2 rings (SSSR count). The summed E-state index contributed by atoms with van der Waals surface area (Å²) in [5, 5.41) is 21.9. The third-order valence-corrected chi connectivity index (χ3v) is 3.86. The van der Waals surface area contributed by atoms with Crippen molar-refractivity contribution in [2.75, 3.05) is 0 Å². The summed E-state index contributed by atoms with van der Waals surface area (Å²) in [4.78, 5) is 8.01. The van der Waals surface area contributed by atoms with Crippen LogP contribution in [-0.2, 0) is 12.8 Å². The van der Waals surface area contributed by atoms with E-state index in [0.717, 1.165) is 29.1 Å². The normalized spacial score (nSPS) is 11.6. The SMILES string of the molecule is CCc1nnc(Sc2ccncn2)c(C(N)=NO)c1CC. The molecule has 0 amide bonds. The molecule has 7 nitrogen and oxygen atoms in total. The number of rotatable bonds is 5. The number of oxime groups is 1. The second-order valence-corrected chi connectivity index (χ2v) is 5.16. The van der Waals surface area contributed by atoms with Crippen LogP contribution in [0.3, 0.4) is 0 Å². The second-order valence-electron chi connectivity index (χ2n) is 4.15. The smallest absolute Gasteiger partial charge is 0.173 e. The Kier molecular flexibility index (Phi) is 5.04. The van der Waals surface area contributed by atoms with E-state index in [2.05, 4.69) is 25.3 Å². The zero-order valence-corrected chi connectivity index (χ0v) is 12.6. The van der Waals surface area contributed by atoms with Crippen LogP contribution in [0.4, 0.5) is 0 Å². The van der Waals surface area contributed by atoms with Crippen LogP contribution >= 0.6 is 11.8 Å². The first-order valence-corrected chi connectivity index (χ1v) is 7.33. The average molecular weight is 304 g/mol. The molecule has 2 heterocycles. The van der Waals surface area contributed by atoms with E-state index < -0.39 is 0 Å². The Labute approximate surface area is 126 Å². The first kappa shape index (κ1) is 15.2. The standard InChI is InChI=1S/C13H16N6OS/c1-3-8-9(4-2)17-18-13(11(8)12(14)19-20)21-10-5-6-15-7-16-10/h5-7,20H,3-4H2,1-2H3,(H2,14,19). The number of aryl methyl sites for hydroxylation is 1. The fraction of sp³-hybridized carbons (Fsp3) is 0.308. The van der Waals surface area contributed by atoms with Gasteiger partial charge in [-0.15, -0.1) is 5.10 Å². The Hall–Kier alpha value is -2.22. The van der Waals surface area contributed by atoms with E-state index in [4.69, 9.17) is 10.9 Å². The van der Waals surface area contributed by atoms with Crippen molar-refractivity contribution < 1.29 is 5.21 Å². The number of hydrogen-bond acceptors (Lipinski definition) is 7. The topological polar surface area (TPSA) is 110 Å². The third kappa shape index (κ3) is 3.27. The first-order valence-electron chi connectivity index (χ1n) is 6.51. The van der Waals surface area contributed by atoms with Crippen molar-refractivity contribution in [1.82, 2.24) is 20.2 Å². The number of hydrogen-bond donors (Lipinski definition) is 2. The molecule has 0 aliphatic carbocycles. The van der Waals surface area contributed by atoms with Crippen LogP contribution < -0.4 is 5.73 Å². The van der Waals surface area contributed by atoms with E-state index in [1.54, 1.807) is 12.3 Å². The Morgan fingerprint density at radius 2 is 2.14 bits per heavy atom. The molecule has 0 unspecified atom stereocenters. The third-order valence-electron chi connectivity index (χ3n) is 2.93. The molecule has 0 saturated carbocycles. The van der Waals surface area contributed by atoms with Gasteiger partial charge < -0.3 is 10.9 Å². The van der Waals surface area contributed by atoms with Gasteiger partial charge in [-0.3, -0.25) is 0 Å². The molecule has 0 fully saturated rings. The van der Waals surface area contributed by atoms with Crippen LogP contribution in [-0.4, -0.2) is 31.2 Å². The van der Waals surface area contributed by atoms with Gasteiger partial charge in [-0.25, -0.2) is 9.97 Å².